The van der Waals surface area contributed by atoms with Crippen molar-refractivity contribution in [3.05, 3.63) is 56.7 Å². The summed E-state index contributed by atoms with van der Waals surface area (Å²) < 4.78 is 40.9. The summed E-state index contributed by atoms with van der Waals surface area (Å²) in [5.41, 5.74) is 0.318. The summed E-state index contributed by atoms with van der Waals surface area (Å²) in [6.45, 7) is 0. The highest BCUT2D eigenvalue weighted by molar-refractivity contribution is 9.10. The number of para-hydroxylation sites is 1. The summed E-state index contributed by atoms with van der Waals surface area (Å²) in [4.78, 5) is -0.378. The Morgan fingerprint density at radius 1 is 1.10 bits per heavy atom. The Labute approximate surface area is 133 Å². The molecule has 2 aromatic rings. The molecule has 0 heterocycles. The van der Waals surface area contributed by atoms with Crippen molar-refractivity contribution in [2.75, 3.05) is 4.72 Å². The van der Waals surface area contributed by atoms with E-state index in [1.54, 1.807) is 24.3 Å². The lowest BCUT2D eigenvalue weighted by Gasteiger charge is -2.11. The summed E-state index contributed by atoms with van der Waals surface area (Å²) in [6, 6.07) is 8.90. The van der Waals surface area contributed by atoms with Gasteiger partial charge in [-0.3, -0.25) is 4.72 Å². The monoisotopic (exact) mass is 397 g/mol. The van der Waals surface area contributed by atoms with Gasteiger partial charge < -0.3 is 0 Å². The van der Waals surface area contributed by atoms with E-state index in [2.05, 4.69) is 20.7 Å². The summed E-state index contributed by atoms with van der Waals surface area (Å²) in [5.74, 6) is -0.969. The lowest BCUT2D eigenvalue weighted by molar-refractivity contribution is 0.595. The van der Waals surface area contributed by atoms with Gasteiger partial charge in [0.1, 0.15) is 4.90 Å². The molecule has 0 aromatic heterocycles. The van der Waals surface area contributed by atoms with Crippen LogP contribution < -0.4 is 4.72 Å². The molecule has 2 aromatic carbocycles. The van der Waals surface area contributed by atoms with E-state index in [1.165, 1.54) is 0 Å². The molecule has 20 heavy (non-hydrogen) atoms. The van der Waals surface area contributed by atoms with Gasteiger partial charge in [0, 0.05) is 4.47 Å². The third-order valence-corrected chi connectivity index (χ3v) is 5.28. The molecule has 0 radical (unpaired) electrons. The zero-order valence-electron chi connectivity index (χ0n) is 9.70. The molecule has 106 valence electrons. The van der Waals surface area contributed by atoms with Gasteiger partial charge in [-0.2, -0.15) is 0 Å². The number of rotatable bonds is 3. The second-order valence-electron chi connectivity index (χ2n) is 3.76. The number of halogens is 4. The maximum atomic E-state index is 13.6. The molecule has 0 spiro atoms. The highest BCUT2D eigenvalue weighted by Crippen LogP contribution is 2.31. The van der Waals surface area contributed by atoms with E-state index < -0.39 is 20.9 Å². The number of nitrogens with one attached hydrogen (secondary N) is 1. The van der Waals surface area contributed by atoms with Crippen molar-refractivity contribution < 1.29 is 12.8 Å². The van der Waals surface area contributed by atoms with Crippen molar-refractivity contribution in [1.29, 1.82) is 0 Å². The number of benzene rings is 2. The van der Waals surface area contributed by atoms with Gasteiger partial charge in [0.2, 0.25) is 0 Å². The fraction of sp³-hybridized carbons (Fsp3) is 0. The number of hydrogen-bond donors (Lipinski definition) is 1. The lowest BCUT2D eigenvalue weighted by Crippen LogP contribution is -2.14. The summed E-state index contributed by atoms with van der Waals surface area (Å²) >= 11 is 14.4. The minimum absolute atomic E-state index is 0.241. The number of hydrogen-bond acceptors (Lipinski definition) is 2. The van der Waals surface area contributed by atoms with Crippen LogP contribution in [-0.2, 0) is 10.0 Å². The van der Waals surface area contributed by atoms with Crippen LogP contribution in [-0.4, -0.2) is 8.42 Å². The van der Waals surface area contributed by atoms with E-state index in [0.29, 0.717) is 10.2 Å². The molecule has 1 N–H and O–H groups in total. The fourth-order valence-electron chi connectivity index (χ4n) is 1.46. The van der Waals surface area contributed by atoms with Gasteiger partial charge in [0.15, 0.2) is 5.82 Å². The van der Waals surface area contributed by atoms with Crippen molar-refractivity contribution in [2.45, 2.75) is 4.90 Å². The number of anilines is 1. The smallest absolute Gasteiger partial charge is 0.263 e. The second kappa shape index (κ2) is 5.89. The minimum atomic E-state index is -4.02. The molecule has 0 aliphatic carbocycles. The highest BCUT2D eigenvalue weighted by Gasteiger charge is 2.22. The molecule has 0 unspecified atom stereocenters. The van der Waals surface area contributed by atoms with E-state index in [0.717, 1.165) is 12.1 Å². The van der Waals surface area contributed by atoms with Gasteiger partial charge >= 0.3 is 0 Å². The molecule has 0 atom stereocenters. The zero-order chi connectivity index (χ0) is 14.9. The third kappa shape index (κ3) is 3.09. The molecule has 0 fully saturated rings. The Morgan fingerprint density at radius 2 is 1.75 bits per heavy atom. The Bertz CT molecular complexity index is 768. The van der Waals surface area contributed by atoms with E-state index in [4.69, 9.17) is 23.2 Å². The van der Waals surface area contributed by atoms with Crippen LogP contribution in [0.2, 0.25) is 10.0 Å². The van der Waals surface area contributed by atoms with Crippen molar-refractivity contribution >= 4 is 54.8 Å². The molecule has 0 aliphatic rings. The van der Waals surface area contributed by atoms with Crippen LogP contribution in [0.1, 0.15) is 0 Å². The van der Waals surface area contributed by atoms with Crippen molar-refractivity contribution in [3.8, 4) is 0 Å². The first-order chi connectivity index (χ1) is 9.33. The molecule has 0 saturated carbocycles. The molecule has 0 amide bonds. The van der Waals surface area contributed by atoms with E-state index in [1.807, 2.05) is 0 Å². The fourth-order valence-corrected chi connectivity index (χ4v) is 3.80. The highest BCUT2D eigenvalue weighted by atomic mass is 79.9. The van der Waals surface area contributed by atoms with Gasteiger partial charge in [-0.25, -0.2) is 12.8 Å². The van der Waals surface area contributed by atoms with E-state index >= 15 is 0 Å². The predicted octanol–water partition coefficient (Wildman–Crippen LogP) is 4.70. The standard InChI is InChI=1S/C12H7BrCl2FNO2S/c13-7-3-1-2-4-9(7)17-20(18,19)10-6-5-8(14)12(16)11(10)15/h1-6,17H. The van der Waals surface area contributed by atoms with Crippen LogP contribution in [0.3, 0.4) is 0 Å². The first-order valence-electron chi connectivity index (χ1n) is 5.24. The number of sulfonamides is 1. The summed E-state index contributed by atoms with van der Waals surface area (Å²) in [6.07, 6.45) is 0. The van der Waals surface area contributed by atoms with Gasteiger partial charge in [0.25, 0.3) is 10.0 Å². The Kier molecular flexibility index (Phi) is 4.59. The quantitative estimate of drug-likeness (QED) is 0.762. The van der Waals surface area contributed by atoms with Gasteiger partial charge in [-0.05, 0) is 40.2 Å². The van der Waals surface area contributed by atoms with Crippen LogP contribution in [0.15, 0.2) is 45.8 Å². The normalized spacial score (nSPS) is 11.4. The lowest BCUT2D eigenvalue weighted by atomic mass is 10.3. The van der Waals surface area contributed by atoms with Gasteiger partial charge in [-0.1, -0.05) is 35.3 Å². The van der Waals surface area contributed by atoms with E-state index in [-0.39, 0.29) is 9.92 Å². The van der Waals surface area contributed by atoms with Crippen LogP contribution >= 0.6 is 39.1 Å². The van der Waals surface area contributed by atoms with Crippen LogP contribution in [0, 0.1) is 5.82 Å². The summed E-state index contributed by atoms with van der Waals surface area (Å²) in [5, 5.41) is -0.785. The largest absolute Gasteiger partial charge is 0.278 e. The van der Waals surface area contributed by atoms with Crippen molar-refractivity contribution in [2.24, 2.45) is 0 Å². The van der Waals surface area contributed by atoms with Crippen molar-refractivity contribution in [1.82, 2.24) is 0 Å². The molecule has 3 nitrogen and oxygen atoms in total. The maximum Gasteiger partial charge on any atom is 0.263 e. The third-order valence-electron chi connectivity index (χ3n) is 2.41. The van der Waals surface area contributed by atoms with Gasteiger partial charge in [0.05, 0.1) is 15.7 Å². The average molecular weight is 399 g/mol. The zero-order valence-corrected chi connectivity index (χ0v) is 13.6. The topological polar surface area (TPSA) is 46.2 Å². The molecule has 0 bridgehead atoms. The predicted molar refractivity (Wildman–Crippen MR) is 81.4 cm³/mol. The minimum Gasteiger partial charge on any atom is -0.278 e. The Morgan fingerprint density at radius 3 is 2.40 bits per heavy atom. The van der Waals surface area contributed by atoms with Crippen molar-refractivity contribution in [3.63, 3.8) is 0 Å². The summed E-state index contributed by atoms with van der Waals surface area (Å²) in [7, 11) is -4.02. The molecule has 2 rings (SSSR count). The van der Waals surface area contributed by atoms with Crippen LogP contribution in [0.25, 0.3) is 0 Å². The van der Waals surface area contributed by atoms with Crippen LogP contribution in [0.5, 0.6) is 0 Å². The second-order valence-corrected chi connectivity index (χ2v) is 7.05. The average Bonchev–Trinajstić information content (AvgIpc) is 2.38. The first kappa shape index (κ1) is 15.6. The molecule has 0 saturated heterocycles. The Hall–Kier alpha value is -0.820. The maximum absolute atomic E-state index is 13.6. The molecular formula is C12H7BrCl2FNO2S. The Balaban J connectivity index is 2.47. The van der Waals surface area contributed by atoms with Gasteiger partial charge in [-0.15, -0.1) is 0 Å². The molecule has 8 heteroatoms. The van der Waals surface area contributed by atoms with Crippen LogP contribution in [0.4, 0.5) is 10.1 Å². The van der Waals surface area contributed by atoms with E-state index in [9.17, 15) is 12.8 Å². The SMILES string of the molecule is O=S(=O)(Nc1ccccc1Br)c1ccc(Cl)c(F)c1Cl. The molecule has 0 aliphatic heterocycles. The first-order valence-corrected chi connectivity index (χ1v) is 8.27. The molecular weight excluding hydrogens is 392 g/mol.